The Labute approximate surface area is 92.0 Å². The Hall–Kier alpha value is -1.31. The molecule has 0 bridgehead atoms. The van der Waals surface area contributed by atoms with Crippen molar-refractivity contribution in [2.75, 3.05) is 13.6 Å². The highest BCUT2D eigenvalue weighted by Gasteiger charge is 2.26. The van der Waals surface area contributed by atoms with E-state index >= 15 is 0 Å². The van der Waals surface area contributed by atoms with Crippen LogP contribution in [0.4, 0.5) is 0 Å². The first-order valence-corrected chi connectivity index (χ1v) is 5.35. The maximum Gasteiger partial charge on any atom is 0.229 e. The molecule has 1 heterocycles. The molecule has 0 radical (unpaired) electrons. The van der Waals surface area contributed by atoms with E-state index in [9.17, 15) is 4.79 Å². The van der Waals surface area contributed by atoms with Gasteiger partial charge in [0.15, 0.2) is 0 Å². The molecule has 1 unspecified atom stereocenters. The zero-order valence-electron chi connectivity index (χ0n) is 9.79. The number of rotatable bonds is 1. The molecular weight excluding hydrogens is 186 g/mol. The summed E-state index contributed by atoms with van der Waals surface area (Å²) in [6.45, 7) is 8.49. The van der Waals surface area contributed by atoms with Gasteiger partial charge in [-0.1, -0.05) is 24.8 Å². The molecule has 0 aromatic carbocycles. The van der Waals surface area contributed by atoms with Gasteiger partial charge in [0.05, 0.1) is 5.92 Å². The van der Waals surface area contributed by atoms with E-state index in [1.165, 1.54) is 5.57 Å². The molecular formula is C13H19NO. The summed E-state index contributed by atoms with van der Waals surface area (Å²) in [5.74, 6) is 0.140. The molecule has 1 atom stereocenters. The summed E-state index contributed by atoms with van der Waals surface area (Å²) in [4.78, 5) is 13.7. The molecule has 2 nitrogen and oxygen atoms in total. The third-order valence-electron chi connectivity index (χ3n) is 2.95. The van der Waals surface area contributed by atoms with Gasteiger partial charge in [-0.15, -0.1) is 0 Å². The maximum atomic E-state index is 11.9. The van der Waals surface area contributed by atoms with Gasteiger partial charge in [-0.3, -0.25) is 4.79 Å². The number of carbonyl (C=O) groups is 1. The predicted molar refractivity (Wildman–Crippen MR) is 63.5 cm³/mol. The van der Waals surface area contributed by atoms with Crippen LogP contribution < -0.4 is 0 Å². The van der Waals surface area contributed by atoms with Gasteiger partial charge < -0.3 is 4.90 Å². The van der Waals surface area contributed by atoms with Crippen molar-refractivity contribution >= 4 is 5.91 Å². The quantitative estimate of drug-likeness (QED) is 0.644. The second-order valence-electron chi connectivity index (χ2n) is 3.90. The van der Waals surface area contributed by atoms with Crippen LogP contribution in [0.2, 0.25) is 0 Å². The molecule has 1 fully saturated rings. The smallest absolute Gasteiger partial charge is 0.229 e. The van der Waals surface area contributed by atoms with E-state index in [0.717, 1.165) is 18.5 Å². The van der Waals surface area contributed by atoms with Crippen LogP contribution in [-0.4, -0.2) is 24.4 Å². The number of nitrogens with zero attached hydrogens (tertiary/aromatic N) is 1. The van der Waals surface area contributed by atoms with Crippen molar-refractivity contribution in [1.29, 1.82) is 0 Å². The summed E-state index contributed by atoms with van der Waals surface area (Å²) in [6.07, 6.45) is 6.74. The highest BCUT2D eigenvalue weighted by atomic mass is 16.2. The normalized spacial score (nSPS) is 28.3. The summed E-state index contributed by atoms with van der Waals surface area (Å²) in [5, 5.41) is 0. The fourth-order valence-corrected chi connectivity index (χ4v) is 1.97. The molecule has 1 amide bonds. The zero-order valence-corrected chi connectivity index (χ0v) is 9.79. The zero-order chi connectivity index (χ0) is 11.4. The van der Waals surface area contributed by atoms with Crippen LogP contribution in [0.3, 0.4) is 0 Å². The van der Waals surface area contributed by atoms with Crippen molar-refractivity contribution in [3.63, 3.8) is 0 Å². The molecule has 82 valence electrons. The average molecular weight is 205 g/mol. The molecule has 0 aliphatic carbocycles. The molecule has 0 saturated carbocycles. The number of carbonyl (C=O) groups excluding carboxylic acids is 1. The lowest BCUT2D eigenvalue weighted by molar-refractivity contribution is -0.131. The molecule has 0 spiro atoms. The predicted octanol–water partition coefficient (Wildman–Crippen LogP) is 2.54. The van der Waals surface area contributed by atoms with Gasteiger partial charge in [0.25, 0.3) is 0 Å². The Morgan fingerprint density at radius 3 is 2.73 bits per heavy atom. The average Bonchev–Trinajstić information content (AvgIpc) is 2.33. The van der Waals surface area contributed by atoms with Crippen molar-refractivity contribution in [3.8, 4) is 0 Å². The van der Waals surface area contributed by atoms with Crippen molar-refractivity contribution in [3.05, 3.63) is 36.0 Å². The number of hydrogen-bond donors (Lipinski definition) is 0. The highest BCUT2D eigenvalue weighted by molar-refractivity contribution is 5.83. The Morgan fingerprint density at radius 2 is 2.20 bits per heavy atom. The van der Waals surface area contributed by atoms with Crippen molar-refractivity contribution in [2.45, 2.75) is 20.3 Å². The molecule has 0 aromatic rings. The first-order chi connectivity index (χ1) is 7.11. The lowest BCUT2D eigenvalue weighted by Gasteiger charge is -2.17. The van der Waals surface area contributed by atoms with Gasteiger partial charge in [-0.2, -0.15) is 0 Å². The molecule has 1 aliphatic heterocycles. The second-order valence-corrected chi connectivity index (χ2v) is 3.90. The van der Waals surface area contributed by atoms with Crippen LogP contribution in [0, 0.1) is 5.92 Å². The maximum absolute atomic E-state index is 11.9. The first kappa shape index (κ1) is 11.8. The van der Waals surface area contributed by atoms with Gasteiger partial charge in [-0.05, 0) is 31.4 Å². The van der Waals surface area contributed by atoms with Gasteiger partial charge in [0, 0.05) is 13.6 Å². The van der Waals surface area contributed by atoms with E-state index < -0.39 is 0 Å². The molecule has 15 heavy (non-hydrogen) atoms. The topological polar surface area (TPSA) is 20.3 Å². The summed E-state index contributed by atoms with van der Waals surface area (Å²) in [5.41, 5.74) is 2.38. The van der Waals surface area contributed by atoms with Crippen LogP contribution in [0.25, 0.3) is 0 Å². The summed E-state index contributed by atoms with van der Waals surface area (Å²) in [6, 6.07) is 0. The molecule has 0 aromatic heterocycles. The molecule has 1 aliphatic rings. The van der Waals surface area contributed by atoms with Gasteiger partial charge in [0.2, 0.25) is 5.91 Å². The van der Waals surface area contributed by atoms with Crippen LogP contribution in [0.1, 0.15) is 20.3 Å². The minimum atomic E-state index is -0.0540. The third kappa shape index (κ3) is 2.38. The minimum Gasteiger partial charge on any atom is -0.345 e. The fraction of sp³-hybridized carbons (Fsp3) is 0.462. The summed E-state index contributed by atoms with van der Waals surface area (Å²) < 4.78 is 0. The molecule has 1 saturated heterocycles. The van der Waals surface area contributed by atoms with Crippen molar-refractivity contribution in [2.24, 2.45) is 5.92 Å². The van der Waals surface area contributed by atoms with Crippen LogP contribution in [0.15, 0.2) is 36.0 Å². The van der Waals surface area contributed by atoms with E-state index in [4.69, 9.17) is 0 Å². The van der Waals surface area contributed by atoms with Gasteiger partial charge in [-0.25, -0.2) is 0 Å². The Balaban J connectivity index is 3.12. The van der Waals surface area contributed by atoms with E-state index in [0.29, 0.717) is 0 Å². The lowest BCUT2D eigenvalue weighted by Crippen LogP contribution is -2.30. The van der Waals surface area contributed by atoms with Crippen LogP contribution >= 0.6 is 0 Å². The monoisotopic (exact) mass is 205 g/mol. The molecule has 0 N–H and O–H groups in total. The van der Waals surface area contributed by atoms with Gasteiger partial charge >= 0.3 is 0 Å². The highest BCUT2D eigenvalue weighted by Crippen LogP contribution is 2.27. The Kier molecular flexibility index (Phi) is 3.89. The largest absolute Gasteiger partial charge is 0.345 e. The second kappa shape index (κ2) is 4.96. The molecule has 2 heteroatoms. The lowest BCUT2D eigenvalue weighted by atomic mass is 9.92. The standard InChI is InChI=1S/C13H19NO/c1-5-7-12-10(3)13(15)14(4)9-8-11(12)6-2/h5-7,10H,1,8-9H2,2-4H3/b11-6-,12-7?. The molecule has 1 rings (SSSR count). The van der Waals surface area contributed by atoms with E-state index in [-0.39, 0.29) is 11.8 Å². The first-order valence-electron chi connectivity index (χ1n) is 5.35. The number of allylic oxidation sites excluding steroid dienone is 3. The number of hydrogen-bond acceptors (Lipinski definition) is 1. The Morgan fingerprint density at radius 1 is 1.53 bits per heavy atom. The number of likely N-dealkylation sites (tertiary alicyclic amines) is 1. The van der Waals surface area contributed by atoms with Crippen LogP contribution in [0.5, 0.6) is 0 Å². The third-order valence-corrected chi connectivity index (χ3v) is 2.95. The minimum absolute atomic E-state index is 0.0540. The Bertz CT molecular complexity index is 325. The van der Waals surface area contributed by atoms with Crippen molar-refractivity contribution < 1.29 is 4.79 Å². The van der Waals surface area contributed by atoms with Crippen molar-refractivity contribution in [1.82, 2.24) is 4.90 Å². The van der Waals surface area contributed by atoms with E-state index in [1.54, 1.807) is 11.0 Å². The number of amides is 1. The summed E-state index contributed by atoms with van der Waals surface area (Å²) in [7, 11) is 1.86. The fourth-order valence-electron chi connectivity index (χ4n) is 1.97. The van der Waals surface area contributed by atoms with E-state index in [1.807, 2.05) is 27.0 Å². The summed E-state index contributed by atoms with van der Waals surface area (Å²) >= 11 is 0. The van der Waals surface area contributed by atoms with Crippen LogP contribution in [-0.2, 0) is 4.79 Å². The SMILES string of the molecule is C=CC=C1/C(=C\C)CCN(C)C(=O)C1C. The van der Waals surface area contributed by atoms with Gasteiger partial charge in [0.1, 0.15) is 0 Å². The van der Waals surface area contributed by atoms with E-state index in [2.05, 4.69) is 12.7 Å².